The van der Waals surface area contributed by atoms with Crippen LogP contribution in [0, 0.1) is 5.82 Å². The van der Waals surface area contributed by atoms with Gasteiger partial charge in [0.05, 0.1) is 6.04 Å². The topological polar surface area (TPSA) is 32.3 Å². The fourth-order valence-electron chi connectivity index (χ4n) is 2.34. The highest BCUT2D eigenvalue weighted by atomic mass is 19.1. The van der Waals surface area contributed by atoms with Crippen LogP contribution in [0.15, 0.2) is 42.5 Å². The van der Waals surface area contributed by atoms with Gasteiger partial charge in [0, 0.05) is 12.1 Å². The molecular weight excluding hydrogens is 217 g/mol. The van der Waals surface area contributed by atoms with Crippen molar-refractivity contribution in [3.63, 3.8) is 0 Å². The van der Waals surface area contributed by atoms with Gasteiger partial charge in [0.15, 0.2) is 0 Å². The van der Waals surface area contributed by atoms with Crippen LogP contribution in [0.2, 0.25) is 0 Å². The summed E-state index contributed by atoms with van der Waals surface area (Å²) in [7, 11) is 0. The second kappa shape index (κ2) is 3.86. The fraction of sp³-hybridized carbons (Fsp3) is 0.143. The number of phenolic OH excluding ortho intramolecular Hbond substituents is 1. The molecule has 2 N–H and O–H groups in total. The summed E-state index contributed by atoms with van der Waals surface area (Å²) in [5.41, 5.74) is 2.96. The minimum atomic E-state index is -0.246. The van der Waals surface area contributed by atoms with Crippen LogP contribution in [0.4, 0.5) is 4.39 Å². The quantitative estimate of drug-likeness (QED) is 0.788. The Morgan fingerprint density at radius 2 is 1.88 bits per heavy atom. The van der Waals surface area contributed by atoms with E-state index in [-0.39, 0.29) is 11.9 Å². The first-order chi connectivity index (χ1) is 8.25. The highest BCUT2D eigenvalue weighted by molar-refractivity contribution is 5.48. The summed E-state index contributed by atoms with van der Waals surface area (Å²) in [6, 6.07) is 11.8. The Labute approximate surface area is 98.7 Å². The Hall–Kier alpha value is -1.87. The molecule has 2 aromatic carbocycles. The van der Waals surface area contributed by atoms with E-state index in [0.29, 0.717) is 5.75 Å². The van der Waals surface area contributed by atoms with Crippen LogP contribution in [-0.2, 0) is 6.54 Å². The second-order valence-corrected chi connectivity index (χ2v) is 4.22. The molecule has 3 heteroatoms. The molecule has 1 unspecified atom stereocenters. The second-order valence-electron chi connectivity index (χ2n) is 4.22. The number of nitrogens with one attached hydrogen (secondary N) is 1. The minimum absolute atomic E-state index is 0.0493. The molecule has 0 aliphatic carbocycles. The van der Waals surface area contributed by atoms with Crippen molar-refractivity contribution < 1.29 is 9.50 Å². The van der Waals surface area contributed by atoms with Crippen molar-refractivity contribution in [2.75, 3.05) is 0 Å². The Bertz CT molecular complexity index is 551. The molecule has 1 aliphatic heterocycles. The summed E-state index contributed by atoms with van der Waals surface area (Å²) in [5.74, 6) is 0.0473. The molecule has 2 nitrogen and oxygen atoms in total. The molecular formula is C14H12FNO. The molecule has 17 heavy (non-hydrogen) atoms. The molecule has 0 bridgehead atoms. The van der Waals surface area contributed by atoms with E-state index < -0.39 is 0 Å². The van der Waals surface area contributed by atoms with Crippen LogP contribution < -0.4 is 5.32 Å². The molecule has 0 saturated carbocycles. The van der Waals surface area contributed by atoms with Crippen molar-refractivity contribution >= 4 is 0 Å². The van der Waals surface area contributed by atoms with E-state index in [9.17, 15) is 9.50 Å². The number of hydrogen-bond acceptors (Lipinski definition) is 2. The summed E-state index contributed by atoms with van der Waals surface area (Å²) >= 11 is 0. The largest absolute Gasteiger partial charge is 0.508 e. The van der Waals surface area contributed by atoms with Crippen LogP contribution in [-0.4, -0.2) is 5.11 Å². The predicted molar refractivity (Wildman–Crippen MR) is 63.2 cm³/mol. The minimum Gasteiger partial charge on any atom is -0.508 e. The molecule has 1 aliphatic rings. The van der Waals surface area contributed by atoms with Gasteiger partial charge in [-0.25, -0.2) is 4.39 Å². The molecule has 1 heterocycles. The van der Waals surface area contributed by atoms with E-state index in [2.05, 4.69) is 5.32 Å². The zero-order valence-corrected chi connectivity index (χ0v) is 9.15. The molecule has 0 fully saturated rings. The molecule has 1 atom stereocenters. The summed E-state index contributed by atoms with van der Waals surface area (Å²) in [4.78, 5) is 0. The number of rotatable bonds is 1. The van der Waals surface area contributed by atoms with Crippen LogP contribution in [0.5, 0.6) is 5.75 Å². The Morgan fingerprint density at radius 1 is 1.12 bits per heavy atom. The van der Waals surface area contributed by atoms with Crippen molar-refractivity contribution in [2.24, 2.45) is 0 Å². The summed E-state index contributed by atoms with van der Waals surface area (Å²) in [5, 5.41) is 13.2. The van der Waals surface area contributed by atoms with E-state index >= 15 is 0 Å². The molecule has 0 saturated heterocycles. The average Bonchev–Trinajstić information content (AvgIpc) is 2.75. The molecule has 0 spiro atoms. The maximum Gasteiger partial charge on any atom is 0.123 e. The normalized spacial score (nSPS) is 18.1. The molecule has 86 valence electrons. The molecule has 2 aromatic rings. The number of hydrogen-bond donors (Lipinski definition) is 2. The lowest BCUT2D eigenvalue weighted by molar-refractivity contribution is 0.464. The van der Waals surface area contributed by atoms with Gasteiger partial charge in [0.1, 0.15) is 11.6 Å². The van der Waals surface area contributed by atoms with Crippen molar-refractivity contribution in [1.29, 1.82) is 0 Å². The Balaban J connectivity index is 2.06. The van der Waals surface area contributed by atoms with Gasteiger partial charge in [0.25, 0.3) is 0 Å². The number of halogens is 1. The van der Waals surface area contributed by atoms with Gasteiger partial charge in [0.2, 0.25) is 0 Å². The maximum absolute atomic E-state index is 12.9. The van der Waals surface area contributed by atoms with Gasteiger partial charge in [-0.3, -0.25) is 0 Å². The molecule has 0 aromatic heterocycles. The monoisotopic (exact) mass is 229 g/mol. The van der Waals surface area contributed by atoms with Gasteiger partial charge >= 0.3 is 0 Å². The van der Waals surface area contributed by atoms with E-state index in [1.165, 1.54) is 12.1 Å². The third kappa shape index (κ3) is 1.68. The highest BCUT2D eigenvalue weighted by Crippen LogP contribution is 2.36. The van der Waals surface area contributed by atoms with Crippen LogP contribution in [0.25, 0.3) is 0 Å². The van der Waals surface area contributed by atoms with Gasteiger partial charge < -0.3 is 10.4 Å². The Morgan fingerprint density at radius 3 is 2.65 bits per heavy atom. The Kier molecular flexibility index (Phi) is 2.34. The van der Waals surface area contributed by atoms with Gasteiger partial charge in [-0.05, 0) is 29.3 Å². The fourth-order valence-corrected chi connectivity index (χ4v) is 2.34. The predicted octanol–water partition coefficient (Wildman–Crippen LogP) is 2.72. The van der Waals surface area contributed by atoms with Crippen molar-refractivity contribution in [2.45, 2.75) is 12.6 Å². The third-order valence-corrected chi connectivity index (χ3v) is 3.16. The van der Waals surface area contributed by atoms with E-state index in [4.69, 9.17) is 0 Å². The SMILES string of the molecule is Oc1cccc2c1C(c1ccc(F)cc1)NC2. The van der Waals surface area contributed by atoms with Gasteiger partial charge in [-0.15, -0.1) is 0 Å². The number of aromatic hydroxyl groups is 1. The lowest BCUT2D eigenvalue weighted by Gasteiger charge is -2.13. The van der Waals surface area contributed by atoms with Crippen molar-refractivity contribution in [3.8, 4) is 5.75 Å². The summed E-state index contributed by atoms with van der Waals surface area (Å²) in [6.45, 7) is 0.728. The van der Waals surface area contributed by atoms with Crippen LogP contribution in [0.3, 0.4) is 0 Å². The zero-order chi connectivity index (χ0) is 11.8. The first-order valence-electron chi connectivity index (χ1n) is 5.55. The summed E-state index contributed by atoms with van der Waals surface area (Å²) in [6.07, 6.45) is 0. The lowest BCUT2D eigenvalue weighted by atomic mass is 9.97. The van der Waals surface area contributed by atoms with Gasteiger partial charge in [-0.1, -0.05) is 24.3 Å². The first kappa shape index (κ1) is 10.3. The van der Waals surface area contributed by atoms with Crippen molar-refractivity contribution in [3.05, 3.63) is 65.0 Å². The number of fused-ring (bicyclic) bond motifs is 1. The number of phenols is 1. The molecule has 3 rings (SSSR count). The lowest BCUT2D eigenvalue weighted by Crippen LogP contribution is -2.13. The van der Waals surface area contributed by atoms with E-state index in [0.717, 1.165) is 23.2 Å². The molecule has 0 radical (unpaired) electrons. The molecule has 0 amide bonds. The van der Waals surface area contributed by atoms with Crippen LogP contribution >= 0.6 is 0 Å². The maximum atomic E-state index is 12.9. The third-order valence-electron chi connectivity index (χ3n) is 3.16. The van der Waals surface area contributed by atoms with Gasteiger partial charge in [-0.2, -0.15) is 0 Å². The van der Waals surface area contributed by atoms with E-state index in [1.807, 2.05) is 12.1 Å². The van der Waals surface area contributed by atoms with E-state index in [1.54, 1.807) is 18.2 Å². The first-order valence-corrected chi connectivity index (χ1v) is 5.55. The summed E-state index contributed by atoms with van der Waals surface area (Å²) < 4.78 is 12.9. The smallest absolute Gasteiger partial charge is 0.123 e. The number of benzene rings is 2. The standard InChI is InChI=1S/C14H12FNO/c15-11-6-4-9(5-7-11)14-13-10(8-16-14)2-1-3-12(13)17/h1-7,14,16-17H,8H2. The zero-order valence-electron chi connectivity index (χ0n) is 9.15. The average molecular weight is 229 g/mol. The van der Waals surface area contributed by atoms with Crippen molar-refractivity contribution in [1.82, 2.24) is 5.32 Å². The highest BCUT2D eigenvalue weighted by Gasteiger charge is 2.25. The van der Waals surface area contributed by atoms with Crippen LogP contribution in [0.1, 0.15) is 22.7 Å².